The molecule has 2 aromatic rings. The fourth-order valence-electron chi connectivity index (χ4n) is 1.92. The van der Waals surface area contributed by atoms with Crippen LogP contribution in [0.4, 0.5) is 0 Å². The van der Waals surface area contributed by atoms with Gasteiger partial charge >= 0.3 is 0 Å². The molecule has 0 spiro atoms. The van der Waals surface area contributed by atoms with Gasteiger partial charge in [0.1, 0.15) is 12.0 Å². The van der Waals surface area contributed by atoms with E-state index in [1.807, 2.05) is 11.5 Å². The van der Waals surface area contributed by atoms with Gasteiger partial charge in [-0.05, 0) is 13.3 Å². The Balaban J connectivity index is 2.08. The van der Waals surface area contributed by atoms with Gasteiger partial charge in [0.25, 0.3) is 5.91 Å². The molecule has 0 aliphatic carbocycles. The van der Waals surface area contributed by atoms with Crippen LogP contribution in [0.15, 0.2) is 18.9 Å². The first-order valence-electron chi connectivity index (χ1n) is 6.28. The molecular formula is C12H18N6O. The lowest BCUT2D eigenvalue weighted by Gasteiger charge is -2.14. The van der Waals surface area contributed by atoms with Crippen molar-refractivity contribution in [3.8, 4) is 0 Å². The minimum Gasteiger partial charge on any atom is -0.341 e. The molecule has 7 nitrogen and oxygen atoms in total. The third kappa shape index (κ3) is 2.81. The van der Waals surface area contributed by atoms with Gasteiger partial charge in [-0.3, -0.25) is 4.79 Å². The number of rotatable bonds is 5. The Morgan fingerprint density at radius 3 is 2.89 bits per heavy atom. The van der Waals surface area contributed by atoms with Gasteiger partial charge in [0.15, 0.2) is 5.82 Å². The van der Waals surface area contributed by atoms with E-state index in [1.54, 1.807) is 30.5 Å². The maximum Gasteiger partial charge on any atom is 0.270 e. The minimum absolute atomic E-state index is 0.168. The molecule has 0 fully saturated rings. The molecule has 0 aromatic carbocycles. The highest BCUT2D eigenvalue weighted by Gasteiger charge is 2.17. The molecule has 0 unspecified atom stereocenters. The Kier molecular flexibility index (Phi) is 3.94. The van der Waals surface area contributed by atoms with Crippen LogP contribution < -0.4 is 5.32 Å². The number of carbonyl (C=O) groups excluding carboxylic acids is 1. The molecule has 0 bridgehead atoms. The summed E-state index contributed by atoms with van der Waals surface area (Å²) in [4.78, 5) is 16.0. The summed E-state index contributed by atoms with van der Waals surface area (Å²) < 4.78 is 3.63. The number of nitrogens with one attached hydrogen (secondary N) is 1. The second kappa shape index (κ2) is 5.64. The average molecular weight is 262 g/mol. The minimum atomic E-state index is -0.198. The summed E-state index contributed by atoms with van der Waals surface area (Å²) in [6.07, 6.45) is 5.82. The molecule has 0 radical (unpaired) electrons. The number of aromatic nitrogens is 5. The van der Waals surface area contributed by atoms with Crippen LogP contribution in [-0.2, 0) is 13.6 Å². The molecule has 0 saturated carbocycles. The first-order chi connectivity index (χ1) is 9.13. The lowest BCUT2D eigenvalue weighted by molar-refractivity contribution is 0.0929. The van der Waals surface area contributed by atoms with E-state index in [2.05, 4.69) is 27.4 Å². The van der Waals surface area contributed by atoms with E-state index in [-0.39, 0.29) is 11.9 Å². The van der Waals surface area contributed by atoms with E-state index >= 15 is 0 Å². The number of nitrogens with zero attached hydrogens (tertiary/aromatic N) is 5. The fraction of sp³-hybridized carbons (Fsp3) is 0.500. The standard InChI is InChI=1S/C12H18N6O/c1-4-5-18-8-14-16-11(18)9(2)15-12(19)10-6-13-7-17(10)3/h6-9H,4-5H2,1-3H3,(H,15,19)/t9-/m0/s1. The quantitative estimate of drug-likeness (QED) is 0.869. The Bertz CT molecular complexity index is 558. The lowest BCUT2D eigenvalue weighted by Crippen LogP contribution is -2.30. The smallest absolute Gasteiger partial charge is 0.270 e. The summed E-state index contributed by atoms with van der Waals surface area (Å²) in [5.74, 6) is 0.593. The molecule has 2 heterocycles. The van der Waals surface area contributed by atoms with Crippen molar-refractivity contribution in [2.24, 2.45) is 7.05 Å². The van der Waals surface area contributed by atoms with Crippen LogP contribution in [0.1, 0.15) is 42.6 Å². The second-order valence-electron chi connectivity index (χ2n) is 4.47. The third-order valence-corrected chi connectivity index (χ3v) is 2.89. The van der Waals surface area contributed by atoms with Crippen LogP contribution >= 0.6 is 0 Å². The Morgan fingerprint density at radius 1 is 1.47 bits per heavy atom. The van der Waals surface area contributed by atoms with Crippen LogP contribution in [0.25, 0.3) is 0 Å². The lowest BCUT2D eigenvalue weighted by atomic mass is 10.3. The van der Waals surface area contributed by atoms with Gasteiger partial charge < -0.3 is 14.5 Å². The number of amides is 1. The molecule has 1 N–H and O–H groups in total. The van der Waals surface area contributed by atoms with E-state index in [9.17, 15) is 4.79 Å². The zero-order valence-electron chi connectivity index (χ0n) is 11.4. The highest BCUT2D eigenvalue weighted by atomic mass is 16.2. The summed E-state index contributed by atoms with van der Waals surface area (Å²) in [6.45, 7) is 4.82. The fourth-order valence-corrected chi connectivity index (χ4v) is 1.92. The predicted molar refractivity (Wildman–Crippen MR) is 69.4 cm³/mol. The maximum atomic E-state index is 12.1. The number of hydrogen-bond acceptors (Lipinski definition) is 4. The first kappa shape index (κ1) is 13.3. The van der Waals surface area contributed by atoms with Gasteiger partial charge in [0.2, 0.25) is 0 Å². The van der Waals surface area contributed by atoms with Crippen molar-refractivity contribution < 1.29 is 4.79 Å². The highest BCUT2D eigenvalue weighted by molar-refractivity contribution is 5.92. The molecular weight excluding hydrogens is 244 g/mol. The van der Waals surface area contributed by atoms with Crippen molar-refractivity contribution in [1.29, 1.82) is 0 Å². The Labute approximate surface area is 111 Å². The van der Waals surface area contributed by atoms with Crippen molar-refractivity contribution in [2.75, 3.05) is 0 Å². The monoisotopic (exact) mass is 262 g/mol. The summed E-state index contributed by atoms with van der Waals surface area (Å²) in [5.41, 5.74) is 0.522. The van der Waals surface area contributed by atoms with Crippen LogP contribution in [0.3, 0.4) is 0 Å². The molecule has 0 aliphatic rings. The molecule has 2 rings (SSSR count). The molecule has 2 aromatic heterocycles. The molecule has 0 saturated heterocycles. The molecule has 102 valence electrons. The van der Waals surface area contributed by atoms with E-state index in [4.69, 9.17) is 0 Å². The zero-order valence-corrected chi connectivity index (χ0v) is 11.4. The van der Waals surface area contributed by atoms with E-state index < -0.39 is 0 Å². The van der Waals surface area contributed by atoms with Crippen LogP contribution in [0.5, 0.6) is 0 Å². The van der Waals surface area contributed by atoms with Gasteiger partial charge in [0.05, 0.1) is 18.6 Å². The summed E-state index contributed by atoms with van der Waals surface area (Å²) >= 11 is 0. The van der Waals surface area contributed by atoms with Gasteiger partial charge in [-0.25, -0.2) is 4.98 Å². The van der Waals surface area contributed by atoms with E-state index in [1.165, 1.54) is 0 Å². The number of aryl methyl sites for hydroxylation is 2. The summed E-state index contributed by atoms with van der Waals surface area (Å²) in [6, 6.07) is -0.198. The Hall–Kier alpha value is -2.18. The number of imidazole rings is 1. The molecule has 19 heavy (non-hydrogen) atoms. The SMILES string of the molecule is CCCn1cnnc1[C@H](C)NC(=O)c1cncn1C. The van der Waals surface area contributed by atoms with Crippen molar-refractivity contribution in [1.82, 2.24) is 29.6 Å². The first-order valence-corrected chi connectivity index (χ1v) is 6.28. The predicted octanol–water partition coefficient (Wildman–Crippen LogP) is 0.913. The van der Waals surface area contributed by atoms with Crippen LogP contribution in [0, 0.1) is 0 Å². The van der Waals surface area contributed by atoms with Gasteiger partial charge in [-0.1, -0.05) is 6.92 Å². The molecule has 1 amide bonds. The van der Waals surface area contributed by atoms with Crippen molar-refractivity contribution in [3.05, 3.63) is 30.4 Å². The van der Waals surface area contributed by atoms with Gasteiger partial charge in [0, 0.05) is 13.6 Å². The highest BCUT2D eigenvalue weighted by Crippen LogP contribution is 2.10. The maximum absolute atomic E-state index is 12.1. The van der Waals surface area contributed by atoms with Gasteiger partial charge in [-0.15, -0.1) is 10.2 Å². The van der Waals surface area contributed by atoms with Crippen LogP contribution in [-0.4, -0.2) is 30.2 Å². The van der Waals surface area contributed by atoms with Crippen molar-refractivity contribution in [2.45, 2.75) is 32.9 Å². The molecule has 1 atom stereocenters. The second-order valence-corrected chi connectivity index (χ2v) is 4.47. The number of carbonyl (C=O) groups is 1. The van der Waals surface area contributed by atoms with Gasteiger partial charge in [-0.2, -0.15) is 0 Å². The zero-order chi connectivity index (χ0) is 13.8. The van der Waals surface area contributed by atoms with E-state index in [0.29, 0.717) is 5.69 Å². The third-order valence-electron chi connectivity index (χ3n) is 2.89. The number of hydrogen-bond donors (Lipinski definition) is 1. The van der Waals surface area contributed by atoms with Crippen molar-refractivity contribution >= 4 is 5.91 Å². The largest absolute Gasteiger partial charge is 0.341 e. The van der Waals surface area contributed by atoms with E-state index in [0.717, 1.165) is 18.8 Å². The summed E-state index contributed by atoms with van der Waals surface area (Å²) in [7, 11) is 1.78. The van der Waals surface area contributed by atoms with Crippen molar-refractivity contribution in [3.63, 3.8) is 0 Å². The van der Waals surface area contributed by atoms with Crippen LogP contribution in [0.2, 0.25) is 0 Å². The topological polar surface area (TPSA) is 77.6 Å². The normalized spacial score (nSPS) is 12.4. The molecule has 7 heteroatoms. The molecule has 0 aliphatic heterocycles. The Morgan fingerprint density at radius 2 is 2.26 bits per heavy atom. The average Bonchev–Trinajstić information content (AvgIpc) is 2.98. The summed E-state index contributed by atoms with van der Waals surface area (Å²) in [5, 5.41) is 10.9.